The number of benzene rings is 1. The fourth-order valence-corrected chi connectivity index (χ4v) is 1.17. The zero-order valence-electron chi connectivity index (χ0n) is 10.2. The maximum absolute atomic E-state index is 12.6. The summed E-state index contributed by atoms with van der Waals surface area (Å²) in [7, 11) is 1.20. The second-order valence-electron chi connectivity index (χ2n) is 3.54. The summed E-state index contributed by atoms with van der Waals surface area (Å²) in [6.45, 7) is -0.547. The topological polar surface area (TPSA) is 84.5 Å². The Morgan fingerprint density at radius 1 is 1.11 bits per heavy atom. The monoisotopic (exact) mass is 268 g/mol. The minimum atomic E-state index is -0.585. The maximum Gasteiger partial charge on any atom is 0.325 e. The van der Waals surface area contributed by atoms with Crippen molar-refractivity contribution in [2.24, 2.45) is 0 Å². The molecule has 6 nitrogen and oxygen atoms in total. The quantitative estimate of drug-likeness (QED) is 0.727. The molecule has 0 aliphatic heterocycles. The minimum Gasteiger partial charge on any atom is -0.468 e. The molecule has 2 amide bonds. The Hall–Kier alpha value is -2.44. The summed E-state index contributed by atoms with van der Waals surface area (Å²) in [5.74, 6) is -2.07. The summed E-state index contributed by atoms with van der Waals surface area (Å²) in [5, 5.41) is 4.60. The van der Waals surface area contributed by atoms with E-state index in [0.717, 1.165) is 12.1 Å². The SMILES string of the molecule is COC(=O)CNC(=O)CNC(=O)c1ccc(F)cc1. The molecule has 0 spiro atoms. The molecule has 0 aliphatic rings. The highest BCUT2D eigenvalue weighted by atomic mass is 19.1. The lowest BCUT2D eigenvalue weighted by atomic mass is 10.2. The van der Waals surface area contributed by atoms with Crippen molar-refractivity contribution in [2.75, 3.05) is 20.2 Å². The highest BCUT2D eigenvalue weighted by Gasteiger charge is 2.09. The molecule has 102 valence electrons. The number of hydrogen-bond donors (Lipinski definition) is 2. The lowest BCUT2D eigenvalue weighted by Crippen LogP contribution is -2.39. The Morgan fingerprint density at radius 2 is 1.74 bits per heavy atom. The Morgan fingerprint density at radius 3 is 2.32 bits per heavy atom. The van der Waals surface area contributed by atoms with Gasteiger partial charge >= 0.3 is 5.97 Å². The smallest absolute Gasteiger partial charge is 0.325 e. The zero-order chi connectivity index (χ0) is 14.3. The first-order chi connectivity index (χ1) is 9.02. The van der Waals surface area contributed by atoms with E-state index in [-0.39, 0.29) is 18.7 Å². The van der Waals surface area contributed by atoms with Crippen LogP contribution in [-0.2, 0) is 14.3 Å². The van der Waals surface area contributed by atoms with Crippen LogP contribution in [0.1, 0.15) is 10.4 Å². The van der Waals surface area contributed by atoms with E-state index < -0.39 is 23.6 Å². The summed E-state index contributed by atoms with van der Waals surface area (Å²) < 4.78 is 17.0. The summed E-state index contributed by atoms with van der Waals surface area (Å²) in [5.41, 5.74) is 0.238. The van der Waals surface area contributed by atoms with Crippen LogP contribution in [-0.4, -0.2) is 38.0 Å². The van der Waals surface area contributed by atoms with Gasteiger partial charge in [0.1, 0.15) is 12.4 Å². The molecule has 0 saturated carbocycles. The van der Waals surface area contributed by atoms with E-state index in [0.29, 0.717) is 0 Å². The van der Waals surface area contributed by atoms with Gasteiger partial charge in [0.15, 0.2) is 0 Å². The van der Waals surface area contributed by atoms with E-state index in [9.17, 15) is 18.8 Å². The number of methoxy groups -OCH3 is 1. The molecule has 0 aliphatic carbocycles. The molecular formula is C12H13FN2O4. The van der Waals surface area contributed by atoms with Crippen molar-refractivity contribution in [1.29, 1.82) is 0 Å². The molecule has 19 heavy (non-hydrogen) atoms. The normalized spacial score (nSPS) is 9.58. The van der Waals surface area contributed by atoms with Crippen LogP contribution in [0, 0.1) is 5.82 Å². The molecule has 0 atom stereocenters. The van der Waals surface area contributed by atoms with Gasteiger partial charge in [0, 0.05) is 5.56 Å². The Labute approximate surface area is 108 Å². The number of nitrogens with one attached hydrogen (secondary N) is 2. The van der Waals surface area contributed by atoms with Crippen LogP contribution in [0.25, 0.3) is 0 Å². The Bertz CT molecular complexity index is 473. The third-order valence-corrected chi connectivity index (χ3v) is 2.17. The van der Waals surface area contributed by atoms with Crippen LogP contribution in [0.2, 0.25) is 0 Å². The summed E-state index contributed by atoms with van der Waals surface area (Å²) in [4.78, 5) is 33.6. The molecule has 0 bridgehead atoms. The predicted octanol–water partition coefficient (Wildman–Crippen LogP) is -0.155. The summed E-state index contributed by atoms with van der Waals surface area (Å²) in [6.07, 6.45) is 0. The zero-order valence-corrected chi connectivity index (χ0v) is 10.2. The predicted molar refractivity (Wildman–Crippen MR) is 63.8 cm³/mol. The van der Waals surface area contributed by atoms with Crippen molar-refractivity contribution in [2.45, 2.75) is 0 Å². The fourth-order valence-electron chi connectivity index (χ4n) is 1.17. The maximum atomic E-state index is 12.6. The van der Waals surface area contributed by atoms with Gasteiger partial charge in [-0.2, -0.15) is 0 Å². The summed E-state index contributed by atoms with van der Waals surface area (Å²) >= 11 is 0. The van der Waals surface area contributed by atoms with Gasteiger partial charge in [-0.15, -0.1) is 0 Å². The summed E-state index contributed by atoms with van der Waals surface area (Å²) in [6, 6.07) is 4.90. The average molecular weight is 268 g/mol. The second kappa shape index (κ2) is 7.10. The number of rotatable bonds is 5. The van der Waals surface area contributed by atoms with Gasteiger partial charge in [-0.3, -0.25) is 14.4 Å². The standard InChI is InChI=1S/C12H13FN2O4/c1-19-11(17)7-14-10(16)6-15-12(18)8-2-4-9(13)5-3-8/h2-5H,6-7H2,1H3,(H,14,16)(H,15,18). The highest BCUT2D eigenvalue weighted by molar-refractivity contribution is 5.96. The molecule has 2 N–H and O–H groups in total. The molecule has 0 fully saturated rings. The molecule has 0 unspecified atom stereocenters. The number of esters is 1. The van der Waals surface area contributed by atoms with Gasteiger partial charge < -0.3 is 15.4 Å². The molecule has 7 heteroatoms. The lowest BCUT2D eigenvalue weighted by molar-refractivity contribution is -0.141. The van der Waals surface area contributed by atoms with Crippen LogP contribution < -0.4 is 10.6 Å². The number of hydrogen-bond acceptors (Lipinski definition) is 4. The number of carbonyl (C=O) groups excluding carboxylic acids is 3. The van der Waals surface area contributed by atoms with Crippen LogP contribution in [0.3, 0.4) is 0 Å². The number of carbonyl (C=O) groups is 3. The van der Waals surface area contributed by atoms with E-state index in [2.05, 4.69) is 15.4 Å². The van der Waals surface area contributed by atoms with Crippen molar-refractivity contribution in [1.82, 2.24) is 10.6 Å². The van der Waals surface area contributed by atoms with Crippen molar-refractivity contribution >= 4 is 17.8 Å². The van der Waals surface area contributed by atoms with Gasteiger partial charge in [0.2, 0.25) is 5.91 Å². The number of ether oxygens (including phenoxy) is 1. The van der Waals surface area contributed by atoms with E-state index in [1.165, 1.54) is 19.2 Å². The molecular weight excluding hydrogens is 255 g/mol. The number of amides is 2. The molecule has 0 heterocycles. The lowest BCUT2D eigenvalue weighted by Gasteiger charge is -2.06. The first-order valence-electron chi connectivity index (χ1n) is 5.40. The van der Waals surface area contributed by atoms with Gasteiger partial charge in [-0.25, -0.2) is 4.39 Å². The Balaban J connectivity index is 2.36. The van der Waals surface area contributed by atoms with Gasteiger partial charge in [0.05, 0.1) is 13.7 Å². The molecule has 0 radical (unpaired) electrons. The van der Waals surface area contributed by atoms with E-state index in [1.807, 2.05) is 0 Å². The third kappa shape index (κ3) is 5.15. The third-order valence-electron chi connectivity index (χ3n) is 2.17. The van der Waals surface area contributed by atoms with Crippen LogP contribution in [0.15, 0.2) is 24.3 Å². The van der Waals surface area contributed by atoms with Gasteiger partial charge in [0.25, 0.3) is 5.91 Å². The van der Waals surface area contributed by atoms with Gasteiger partial charge in [-0.05, 0) is 24.3 Å². The number of halogens is 1. The Kier molecular flexibility index (Phi) is 5.46. The van der Waals surface area contributed by atoms with Crippen molar-refractivity contribution in [3.8, 4) is 0 Å². The largest absolute Gasteiger partial charge is 0.468 e. The van der Waals surface area contributed by atoms with E-state index >= 15 is 0 Å². The van der Waals surface area contributed by atoms with Crippen LogP contribution >= 0.6 is 0 Å². The molecule has 1 rings (SSSR count). The minimum absolute atomic E-state index is 0.238. The van der Waals surface area contributed by atoms with E-state index in [1.54, 1.807) is 0 Å². The van der Waals surface area contributed by atoms with E-state index in [4.69, 9.17) is 0 Å². The average Bonchev–Trinajstić information content (AvgIpc) is 2.42. The van der Waals surface area contributed by atoms with Crippen molar-refractivity contribution in [3.63, 3.8) is 0 Å². The van der Waals surface area contributed by atoms with Gasteiger partial charge in [-0.1, -0.05) is 0 Å². The second-order valence-corrected chi connectivity index (χ2v) is 3.54. The van der Waals surface area contributed by atoms with Crippen LogP contribution in [0.4, 0.5) is 4.39 Å². The van der Waals surface area contributed by atoms with Crippen molar-refractivity contribution in [3.05, 3.63) is 35.6 Å². The fraction of sp³-hybridized carbons (Fsp3) is 0.250. The molecule has 0 saturated heterocycles. The highest BCUT2D eigenvalue weighted by Crippen LogP contribution is 2.01. The molecule has 1 aromatic carbocycles. The molecule has 1 aromatic rings. The molecule has 0 aromatic heterocycles. The van der Waals surface area contributed by atoms with Crippen molar-refractivity contribution < 1.29 is 23.5 Å². The first-order valence-corrected chi connectivity index (χ1v) is 5.40. The first kappa shape index (κ1) is 14.6. The van der Waals surface area contributed by atoms with Crippen LogP contribution in [0.5, 0.6) is 0 Å².